The molecular formula is C15H22N2. The summed E-state index contributed by atoms with van der Waals surface area (Å²) in [6, 6.07) is 11.4. The predicted molar refractivity (Wildman–Crippen MR) is 72.4 cm³/mol. The van der Waals surface area contributed by atoms with Crippen LogP contribution in [0.3, 0.4) is 0 Å². The number of likely N-dealkylation sites (tertiary alicyclic amines) is 1. The minimum absolute atomic E-state index is 0.670. The fraction of sp³-hybridized carbons (Fsp3) is 0.467. The summed E-state index contributed by atoms with van der Waals surface area (Å²) in [6.07, 6.45) is 8.84. The van der Waals surface area contributed by atoms with Gasteiger partial charge < -0.3 is 5.73 Å². The number of nitrogens with zero attached hydrogens (tertiary/aromatic N) is 1. The van der Waals surface area contributed by atoms with Gasteiger partial charge in [-0.1, -0.05) is 42.8 Å². The van der Waals surface area contributed by atoms with Gasteiger partial charge in [0.05, 0.1) is 0 Å². The van der Waals surface area contributed by atoms with Crippen LogP contribution in [0.2, 0.25) is 0 Å². The standard InChI is InChI=1S/C15H22N2/c16-11-6-10-15-9-4-5-12-17(15)13-14-7-2-1-3-8-14/h1-3,6-8,11,15H,4-5,9-10,12-13,16H2. The molecule has 2 rings (SSSR count). The summed E-state index contributed by atoms with van der Waals surface area (Å²) < 4.78 is 0. The quantitative estimate of drug-likeness (QED) is 0.861. The highest BCUT2D eigenvalue weighted by Gasteiger charge is 2.20. The Morgan fingerprint density at radius 3 is 2.82 bits per heavy atom. The summed E-state index contributed by atoms with van der Waals surface area (Å²) in [7, 11) is 0. The smallest absolute Gasteiger partial charge is 0.0236 e. The maximum Gasteiger partial charge on any atom is 0.0236 e. The highest BCUT2D eigenvalue weighted by molar-refractivity contribution is 5.14. The van der Waals surface area contributed by atoms with Crippen molar-refractivity contribution in [3.8, 4) is 0 Å². The van der Waals surface area contributed by atoms with E-state index < -0.39 is 0 Å². The first-order valence-corrected chi connectivity index (χ1v) is 6.55. The topological polar surface area (TPSA) is 29.3 Å². The van der Waals surface area contributed by atoms with Crippen LogP contribution in [-0.4, -0.2) is 17.5 Å². The van der Waals surface area contributed by atoms with Gasteiger partial charge in [-0.05, 0) is 37.6 Å². The van der Waals surface area contributed by atoms with Gasteiger partial charge in [-0.15, -0.1) is 0 Å². The molecule has 2 nitrogen and oxygen atoms in total. The summed E-state index contributed by atoms with van der Waals surface area (Å²) in [5.74, 6) is 0. The zero-order valence-corrected chi connectivity index (χ0v) is 10.4. The van der Waals surface area contributed by atoms with E-state index in [1.165, 1.54) is 31.4 Å². The molecule has 0 radical (unpaired) electrons. The van der Waals surface area contributed by atoms with E-state index >= 15 is 0 Å². The number of benzene rings is 1. The fourth-order valence-electron chi connectivity index (χ4n) is 2.59. The van der Waals surface area contributed by atoms with Crippen molar-refractivity contribution in [1.29, 1.82) is 0 Å². The summed E-state index contributed by atoms with van der Waals surface area (Å²) in [6.45, 7) is 2.29. The van der Waals surface area contributed by atoms with E-state index in [0.717, 1.165) is 13.0 Å². The molecule has 1 aliphatic heterocycles. The molecule has 1 heterocycles. The van der Waals surface area contributed by atoms with Gasteiger partial charge in [-0.2, -0.15) is 0 Å². The van der Waals surface area contributed by atoms with Crippen LogP contribution in [0.5, 0.6) is 0 Å². The molecule has 1 saturated heterocycles. The van der Waals surface area contributed by atoms with Crippen LogP contribution in [0.4, 0.5) is 0 Å². The lowest BCUT2D eigenvalue weighted by Gasteiger charge is -2.35. The Labute approximate surface area is 104 Å². The van der Waals surface area contributed by atoms with Crippen LogP contribution in [-0.2, 0) is 6.54 Å². The van der Waals surface area contributed by atoms with Crippen LogP contribution in [0.1, 0.15) is 31.2 Å². The van der Waals surface area contributed by atoms with Gasteiger partial charge in [0, 0.05) is 12.6 Å². The van der Waals surface area contributed by atoms with Gasteiger partial charge in [0.2, 0.25) is 0 Å². The number of hydrogen-bond donors (Lipinski definition) is 1. The minimum atomic E-state index is 0.670. The van der Waals surface area contributed by atoms with Crippen molar-refractivity contribution in [2.75, 3.05) is 6.54 Å². The first kappa shape index (κ1) is 12.2. The molecule has 17 heavy (non-hydrogen) atoms. The molecule has 1 unspecified atom stereocenters. The molecule has 0 saturated carbocycles. The van der Waals surface area contributed by atoms with E-state index in [2.05, 4.69) is 41.3 Å². The highest BCUT2D eigenvalue weighted by Crippen LogP contribution is 2.22. The molecule has 0 spiro atoms. The third-order valence-electron chi connectivity index (χ3n) is 3.52. The zero-order valence-electron chi connectivity index (χ0n) is 10.4. The molecule has 1 atom stereocenters. The molecule has 0 aromatic heterocycles. The van der Waals surface area contributed by atoms with Crippen molar-refractivity contribution in [2.24, 2.45) is 5.73 Å². The van der Waals surface area contributed by atoms with E-state index in [-0.39, 0.29) is 0 Å². The lowest BCUT2D eigenvalue weighted by atomic mass is 9.98. The molecule has 92 valence electrons. The van der Waals surface area contributed by atoms with Crippen LogP contribution in [0.15, 0.2) is 42.6 Å². The number of piperidine rings is 1. The SMILES string of the molecule is NC=CCC1CCCCN1Cc1ccccc1. The zero-order chi connectivity index (χ0) is 11.9. The summed E-state index contributed by atoms with van der Waals surface area (Å²) in [4.78, 5) is 2.60. The van der Waals surface area contributed by atoms with Gasteiger partial charge in [-0.3, -0.25) is 4.90 Å². The number of nitrogens with two attached hydrogens (primary N) is 1. The Kier molecular flexibility index (Phi) is 4.63. The lowest BCUT2D eigenvalue weighted by molar-refractivity contribution is 0.141. The second kappa shape index (κ2) is 6.45. The summed E-state index contributed by atoms with van der Waals surface area (Å²) in [5, 5.41) is 0. The largest absolute Gasteiger partial charge is 0.405 e. The molecule has 1 fully saturated rings. The van der Waals surface area contributed by atoms with Crippen LogP contribution in [0, 0.1) is 0 Å². The predicted octanol–water partition coefficient (Wildman–Crippen LogP) is 2.90. The molecule has 1 aromatic rings. The molecule has 0 aliphatic carbocycles. The van der Waals surface area contributed by atoms with Gasteiger partial charge in [0.15, 0.2) is 0 Å². The van der Waals surface area contributed by atoms with E-state index in [9.17, 15) is 0 Å². The van der Waals surface area contributed by atoms with Gasteiger partial charge >= 0.3 is 0 Å². The molecular weight excluding hydrogens is 208 g/mol. The Morgan fingerprint density at radius 1 is 1.24 bits per heavy atom. The van der Waals surface area contributed by atoms with Crippen molar-refractivity contribution >= 4 is 0 Å². The normalized spacial score (nSPS) is 22.0. The van der Waals surface area contributed by atoms with E-state index in [4.69, 9.17) is 5.73 Å². The van der Waals surface area contributed by atoms with Crippen LogP contribution < -0.4 is 5.73 Å². The Bertz CT molecular complexity index is 345. The van der Waals surface area contributed by atoms with Crippen LogP contribution >= 0.6 is 0 Å². The summed E-state index contributed by atoms with van der Waals surface area (Å²) in [5.41, 5.74) is 6.86. The molecule has 1 aromatic carbocycles. The van der Waals surface area contributed by atoms with Gasteiger partial charge in [-0.25, -0.2) is 0 Å². The van der Waals surface area contributed by atoms with Gasteiger partial charge in [0.1, 0.15) is 0 Å². The lowest BCUT2D eigenvalue weighted by Crippen LogP contribution is -2.38. The fourth-order valence-corrected chi connectivity index (χ4v) is 2.59. The van der Waals surface area contributed by atoms with Crippen molar-refractivity contribution in [3.05, 3.63) is 48.2 Å². The van der Waals surface area contributed by atoms with E-state index in [0.29, 0.717) is 6.04 Å². The van der Waals surface area contributed by atoms with Gasteiger partial charge in [0.25, 0.3) is 0 Å². The molecule has 0 amide bonds. The average molecular weight is 230 g/mol. The average Bonchev–Trinajstić information content (AvgIpc) is 2.39. The molecule has 2 heteroatoms. The molecule has 1 aliphatic rings. The Balaban J connectivity index is 1.96. The van der Waals surface area contributed by atoms with E-state index in [1.54, 1.807) is 6.20 Å². The van der Waals surface area contributed by atoms with E-state index in [1.807, 2.05) is 0 Å². The first-order chi connectivity index (χ1) is 8.40. The Morgan fingerprint density at radius 2 is 2.06 bits per heavy atom. The Hall–Kier alpha value is -1.28. The molecule has 2 N–H and O–H groups in total. The number of rotatable bonds is 4. The van der Waals surface area contributed by atoms with Crippen molar-refractivity contribution < 1.29 is 0 Å². The number of hydrogen-bond acceptors (Lipinski definition) is 2. The summed E-state index contributed by atoms with van der Waals surface area (Å²) >= 11 is 0. The maximum absolute atomic E-state index is 5.44. The second-order valence-corrected chi connectivity index (χ2v) is 4.77. The monoisotopic (exact) mass is 230 g/mol. The van der Waals surface area contributed by atoms with Crippen LogP contribution in [0.25, 0.3) is 0 Å². The highest BCUT2D eigenvalue weighted by atomic mass is 15.2. The minimum Gasteiger partial charge on any atom is -0.405 e. The van der Waals surface area contributed by atoms with Crippen molar-refractivity contribution in [3.63, 3.8) is 0 Å². The van der Waals surface area contributed by atoms with Crippen molar-refractivity contribution in [1.82, 2.24) is 4.90 Å². The molecule has 0 bridgehead atoms. The van der Waals surface area contributed by atoms with Crippen molar-refractivity contribution in [2.45, 2.75) is 38.3 Å². The first-order valence-electron chi connectivity index (χ1n) is 6.55. The third-order valence-corrected chi connectivity index (χ3v) is 3.52. The second-order valence-electron chi connectivity index (χ2n) is 4.77. The third kappa shape index (κ3) is 3.60. The maximum atomic E-state index is 5.44.